The van der Waals surface area contributed by atoms with Crippen LogP contribution in [0.25, 0.3) is 17.2 Å². The van der Waals surface area contributed by atoms with E-state index in [1.165, 1.54) is 12.2 Å². The molecular formula is C20H18N4O3. The number of piperazine rings is 1. The molecule has 1 saturated heterocycles. The molecule has 1 aliphatic heterocycles. The summed E-state index contributed by atoms with van der Waals surface area (Å²) >= 11 is 0. The first-order valence-corrected chi connectivity index (χ1v) is 8.64. The quantitative estimate of drug-likeness (QED) is 0.696. The largest absolute Gasteiger partial charge is 0.437 e. The zero-order valence-electron chi connectivity index (χ0n) is 14.5. The Morgan fingerprint density at radius 3 is 2.78 bits per heavy atom. The average Bonchev–Trinajstić information content (AvgIpc) is 3.10. The van der Waals surface area contributed by atoms with Gasteiger partial charge in [-0.2, -0.15) is 0 Å². The van der Waals surface area contributed by atoms with E-state index >= 15 is 0 Å². The van der Waals surface area contributed by atoms with Crippen LogP contribution in [0.5, 0.6) is 0 Å². The molecule has 0 saturated carbocycles. The molecule has 3 aromatic rings. The normalized spacial score (nSPS) is 14.5. The van der Waals surface area contributed by atoms with Gasteiger partial charge in [0.15, 0.2) is 5.58 Å². The van der Waals surface area contributed by atoms with E-state index in [-0.39, 0.29) is 11.8 Å². The maximum Gasteiger partial charge on any atom is 0.248 e. The van der Waals surface area contributed by atoms with Crippen molar-refractivity contribution in [3.05, 3.63) is 60.5 Å². The van der Waals surface area contributed by atoms with Crippen molar-refractivity contribution in [2.45, 2.75) is 0 Å². The summed E-state index contributed by atoms with van der Waals surface area (Å²) in [5.74, 6) is 0.121. The Balaban J connectivity index is 1.38. The van der Waals surface area contributed by atoms with Crippen molar-refractivity contribution in [3.63, 3.8) is 0 Å². The minimum absolute atomic E-state index is 0.0166. The van der Waals surface area contributed by atoms with E-state index in [0.717, 1.165) is 17.7 Å². The Labute approximate surface area is 155 Å². The van der Waals surface area contributed by atoms with Crippen LogP contribution in [0.3, 0.4) is 0 Å². The first-order chi connectivity index (χ1) is 13.2. The number of nitrogens with zero attached hydrogens (tertiary/aromatic N) is 2. The van der Waals surface area contributed by atoms with Gasteiger partial charge in [-0.15, -0.1) is 0 Å². The van der Waals surface area contributed by atoms with Crippen LogP contribution in [0.1, 0.15) is 5.89 Å². The maximum atomic E-state index is 12.1. The molecule has 0 unspecified atom stereocenters. The van der Waals surface area contributed by atoms with Crippen LogP contribution in [0, 0.1) is 0 Å². The van der Waals surface area contributed by atoms with Gasteiger partial charge in [0.2, 0.25) is 17.7 Å². The number of amides is 2. The fourth-order valence-corrected chi connectivity index (χ4v) is 2.91. The summed E-state index contributed by atoms with van der Waals surface area (Å²) < 4.78 is 5.54. The second-order valence-corrected chi connectivity index (χ2v) is 6.16. The minimum atomic E-state index is -0.276. The highest BCUT2D eigenvalue weighted by atomic mass is 16.3. The molecule has 2 N–H and O–H groups in total. The first kappa shape index (κ1) is 16.8. The Morgan fingerprint density at radius 1 is 1.19 bits per heavy atom. The third-order valence-corrected chi connectivity index (χ3v) is 4.23. The van der Waals surface area contributed by atoms with E-state index in [4.69, 9.17) is 4.42 Å². The highest BCUT2D eigenvalue weighted by Crippen LogP contribution is 2.19. The number of anilines is 2. The number of fused-ring (bicyclic) bond motifs is 1. The fourth-order valence-electron chi connectivity index (χ4n) is 2.91. The van der Waals surface area contributed by atoms with Gasteiger partial charge in [0.1, 0.15) is 5.52 Å². The van der Waals surface area contributed by atoms with Crippen molar-refractivity contribution in [2.75, 3.05) is 29.9 Å². The number of nitrogens with one attached hydrogen (secondary N) is 2. The summed E-state index contributed by atoms with van der Waals surface area (Å²) in [4.78, 5) is 29.9. The standard InChI is InChI=1S/C20H18N4O3/c25-18(9-10-20-23-16-3-1-2-4-17(16)27-20)22-14-5-7-15(8-6-14)24-12-11-21-19(26)13-24/h1-10H,11-13H2,(H,21,26)(H,22,25). The third-order valence-electron chi connectivity index (χ3n) is 4.23. The lowest BCUT2D eigenvalue weighted by molar-refractivity contribution is -0.120. The van der Waals surface area contributed by atoms with Crippen molar-refractivity contribution < 1.29 is 14.0 Å². The number of oxazole rings is 1. The van der Waals surface area contributed by atoms with Crippen LogP contribution in [0.4, 0.5) is 11.4 Å². The van der Waals surface area contributed by atoms with Gasteiger partial charge < -0.3 is 20.0 Å². The summed E-state index contributed by atoms with van der Waals surface area (Å²) in [7, 11) is 0. The topological polar surface area (TPSA) is 87.5 Å². The second kappa shape index (κ2) is 7.33. The van der Waals surface area contributed by atoms with E-state index < -0.39 is 0 Å². The van der Waals surface area contributed by atoms with Crippen molar-refractivity contribution >= 4 is 40.4 Å². The molecule has 1 aliphatic rings. The highest BCUT2D eigenvalue weighted by Gasteiger charge is 2.16. The van der Waals surface area contributed by atoms with E-state index in [2.05, 4.69) is 15.6 Å². The van der Waals surface area contributed by atoms with E-state index in [9.17, 15) is 9.59 Å². The molecule has 2 amide bonds. The van der Waals surface area contributed by atoms with Crippen molar-refractivity contribution in [1.82, 2.24) is 10.3 Å². The number of benzene rings is 2. The predicted molar refractivity (Wildman–Crippen MR) is 103 cm³/mol. The lowest BCUT2D eigenvalue weighted by Crippen LogP contribution is -2.47. The van der Waals surface area contributed by atoms with Crippen molar-refractivity contribution in [1.29, 1.82) is 0 Å². The maximum absolute atomic E-state index is 12.1. The smallest absolute Gasteiger partial charge is 0.248 e. The fraction of sp³-hybridized carbons (Fsp3) is 0.150. The zero-order chi connectivity index (χ0) is 18.6. The number of carbonyl (C=O) groups is 2. The molecular weight excluding hydrogens is 344 g/mol. The van der Waals surface area contributed by atoms with Gasteiger partial charge in [-0.25, -0.2) is 4.98 Å². The average molecular weight is 362 g/mol. The summed E-state index contributed by atoms with van der Waals surface area (Å²) in [6.45, 7) is 1.75. The summed E-state index contributed by atoms with van der Waals surface area (Å²) in [5, 5.41) is 5.59. The van der Waals surface area contributed by atoms with Crippen LogP contribution in [-0.2, 0) is 9.59 Å². The van der Waals surface area contributed by atoms with Crippen molar-refractivity contribution in [3.8, 4) is 0 Å². The molecule has 1 aromatic heterocycles. The Hall–Kier alpha value is -3.61. The molecule has 7 nitrogen and oxygen atoms in total. The molecule has 2 heterocycles. The van der Waals surface area contributed by atoms with Gasteiger partial charge in [-0.1, -0.05) is 12.1 Å². The molecule has 0 aliphatic carbocycles. The molecule has 2 aromatic carbocycles. The van der Waals surface area contributed by atoms with Crippen LogP contribution in [0.15, 0.2) is 59.0 Å². The number of hydrogen-bond acceptors (Lipinski definition) is 5. The molecule has 1 fully saturated rings. The van der Waals surface area contributed by atoms with Gasteiger partial charge in [0.05, 0.1) is 6.54 Å². The second-order valence-electron chi connectivity index (χ2n) is 6.16. The highest BCUT2D eigenvalue weighted by molar-refractivity contribution is 6.01. The lowest BCUT2D eigenvalue weighted by atomic mass is 10.2. The third kappa shape index (κ3) is 3.98. The van der Waals surface area contributed by atoms with Crippen LogP contribution >= 0.6 is 0 Å². The predicted octanol–water partition coefficient (Wildman–Crippen LogP) is 2.42. The first-order valence-electron chi connectivity index (χ1n) is 8.64. The number of carbonyl (C=O) groups excluding carboxylic acids is 2. The van der Waals surface area contributed by atoms with Gasteiger partial charge in [-0.05, 0) is 36.4 Å². The molecule has 0 atom stereocenters. The van der Waals surface area contributed by atoms with Gasteiger partial charge in [-0.3, -0.25) is 9.59 Å². The summed E-state index contributed by atoms with van der Waals surface area (Å²) in [6, 6.07) is 14.8. The molecule has 0 radical (unpaired) electrons. The van der Waals surface area contributed by atoms with Crippen LogP contribution in [-0.4, -0.2) is 36.4 Å². The molecule has 0 spiro atoms. The number of rotatable bonds is 4. The summed E-state index contributed by atoms with van der Waals surface area (Å²) in [6.07, 6.45) is 2.92. The van der Waals surface area contributed by atoms with E-state index in [0.29, 0.717) is 30.3 Å². The molecule has 136 valence electrons. The van der Waals surface area contributed by atoms with Gasteiger partial charge in [0, 0.05) is 36.6 Å². The zero-order valence-corrected chi connectivity index (χ0v) is 14.5. The van der Waals surface area contributed by atoms with Gasteiger partial charge >= 0.3 is 0 Å². The molecule has 7 heteroatoms. The van der Waals surface area contributed by atoms with E-state index in [1.54, 1.807) is 0 Å². The molecule has 0 bridgehead atoms. The van der Waals surface area contributed by atoms with Crippen LogP contribution in [0.2, 0.25) is 0 Å². The minimum Gasteiger partial charge on any atom is -0.437 e. The van der Waals surface area contributed by atoms with Gasteiger partial charge in [0.25, 0.3) is 0 Å². The molecule has 4 rings (SSSR count). The SMILES string of the molecule is O=C(C=Cc1nc2ccccc2o1)Nc1ccc(N2CCNC(=O)C2)cc1. The number of hydrogen-bond donors (Lipinski definition) is 2. The number of para-hydroxylation sites is 2. The molecule has 27 heavy (non-hydrogen) atoms. The Bertz CT molecular complexity index is 974. The van der Waals surface area contributed by atoms with E-state index in [1.807, 2.05) is 53.4 Å². The lowest BCUT2D eigenvalue weighted by Gasteiger charge is -2.28. The number of aromatic nitrogens is 1. The van der Waals surface area contributed by atoms with Crippen molar-refractivity contribution in [2.24, 2.45) is 0 Å². The Morgan fingerprint density at radius 2 is 2.00 bits per heavy atom. The monoisotopic (exact) mass is 362 g/mol. The summed E-state index contributed by atoms with van der Waals surface area (Å²) in [5.41, 5.74) is 3.05. The Kier molecular flexibility index (Phi) is 4.57. The van der Waals surface area contributed by atoms with Crippen LogP contribution < -0.4 is 15.5 Å².